The van der Waals surface area contributed by atoms with E-state index in [1.54, 1.807) is 0 Å². The van der Waals surface area contributed by atoms with Gasteiger partial charge >= 0.3 is 0 Å². The fourth-order valence-electron chi connectivity index (χ4n) is 2.39. The Bertz CT molecular complexity index is 189. The summed E-state index contributed by atoms with van der Waals surface area (Å²) in [7, 11) is 2.19. The van der Waals surface area contributed by atoms with Gasteiger partial charge in [-0.2, -0.15) is 0 Å². The number of hydrogen-bond acceptors (Lipinski definition) is 3. The summed E-state index contributed by atoms with van der Waals surface area (Å²) in [5.41, 5.74) is -0.573. The molecular formula is C12H26N2O. The summed E-state index contributed by atoms with van der Waals surface area (Å²) in [6.07, 6.45) is 2.38. The Morgan fingerprint density at radius 3 is 2.53 bits per heavy atom. The molecule has 1 heterocycles. The Labute approximate surface area is 94.1 Å². The van der Waals surface area contributed by atoms with E-state index in [9.17, 15) is 5.11 Å². The van der Waals surface area contributed by atoms with Crippen molar-refractivity contribution in [2.45, 2.75) is 45.3 Å². The van der Waals surface area contributed by atoms with Crippen molar-refractivity contribution in [1.82, 2.24) is 9.80 Å². The number of hydrogen-bond donors (Lipinski definition) is 1. The average molecular weight is 214 g/mol. The van der Waals surface area contributed by atoms with Gasteiger partial charge in [0.1, 0.15) is 0 Å². The molecule has 0 aromatic heterocycles. The van der Waals surface area contributed by atoms with Crippen LogP contribution in [0.5, 0.6) is 0 Å². The number of β-amino-alcohol motifs (C(OH)–C–C–N with tert-alkyl or cyclic N) is 1. The molecule has 15 heavy (non-hydrogen) atoms. The van der Waals surface area contributed by atoms with E-state index in [2.05, 4.69) is 23.8 Å². The van der Waals surface area contributed by atoms with Crippen LogP contribution in [-0.2, 0) is 0 Å². The van der Waals surface area contributed by atoms with Gasteiger partial charge in [-0.1, -0.05) is 6.92 Å². The third-order valence-electron chi connectivity index (χ3n) is 3.09. The molecule has 1 rings (SSSR count). The average Bonchev–Trinajstić information content (AvgIpc) is 2.25. The molecular weight excluding hydrogens is 188 g/mol. The molecule has 1 atom stereocenters. The second kappa shape index (κ2) is 5.28. The minimum atomic E-state index is -0.573. The van der Waals surface area contributed by atoms with Gasteiger partial charge in [-0.15, -0.1) is 0 Å². The zero-order valence-corrected chi connectivity index (χ0v) is 10.7. The highest BCUT2D eigenvalue weighted by molar-refractivity contribution is 4.82. The second-order valence-corrected chi connectivity index (χ2v) is 5.46. The van der Waals surface area contributed by atoms with E-state index < -0.39 is 5.60 Å². The number of nitrogens with zero attached hydrogens (tertiary/aromatic N) is 2. The lowest BCUT2D eigenvalue weighted by Crippen LogP contribution is -2.46. The zero-order valence-electron chi connectivity index (χ0n) is 10.7. The molecule has 0 aromatic rings. The molecule has 1 aliphatic heterocycles. The fraction of sp³-hybridized carbons (Fsp3) is 1.00. The van der Waals surface area contributed by atoms with Crippen LogP contribution in [0.2, 0.25) is 0 Å². The van der Waals surface area contributed by atoms with Gasteiger partial charge in [0.05, 0.1) is 5.60 Å². The highest BCUT2D eigenvalue weighted by atomic mass is 16.3. The van der Waals surface area contributed by atoms with Crippen molar-refractivity contribution < 1.29 is 5.11 Å². The highest BCUT2D eigenvalue weighted by Gasteiger charge is 2.26. The summed E-state index contributed by atoms with van der Waals surface area (Å²) >= 11 is 0. The monoisotopic (exact) mass is 214 g/mol. The van der Waals surface area contributed by atoms with Gasteiger partial charge in [0.15, 0.2) is 0 Å². The minimum Gasteiger partial charge on any atom is -0.389 e. The summed E-state index contributed by atoms with van der Waals surface area (Å²) in [6, 6.07) is 0.601. The molecule has 1 aliphatic rings. The third kappa shape index (κ3) is 4.49. The Hall–Kier alpha value is -0.120. The zero-order chi connectivity index (χ0) is 11.5. The maximum Gasteiger partial charge on any atom is 0.0718 e. The molecule has 3 nitrogen and oxygen atoms in total. The van der Waals surface area contributed by atoms with Crippen LogP contribution in [0, 0.1) is 0 Å². The van der Waals surface area contributed by atoms with Crippen molar-refractivity contribution in [3.05, 3.63) is 0 Å². The molecule has 1 fully saturated rings. The Morgan fingerprint density at radius 1 is 1.33 bits per heavy atom. The van der Waals surface area contributed by atoms with E-state index >= 15 is 0 Å². The molecule has 0 aromatic carbocycles. The third-order valence-corrected chi connectivity index (χ3v) is 3.09. The van der Waals surface area contributed by atoms with Crippen LogP contribution in [-0.4, -0.2) is 59.8 Å². The molecule has 1 saturated heterocycles. The predicted octanol–water partition coefficient (Wildman–Crippen LogP) is 1.17. The first-order chi connectivity index (χ1) is 6.92. The maximum atomic E-state index is 9.89. The maximum absolute atomic E-state index is 9.89. The van der Waals surface area contributed by atoms with Gasteiger partial charge in [-0.3, -0.25) is 4.90 Å². The van der Waals surface area contributed by atoms with Crippen molar-refractivity contribution in [2.24, 2.45) is 0 Å². The molecule has 90 valence electrons. The van der Waals surface area contributed by atoms with Crippen molar-refractivity contribution >= 4 is 0 Å². The molecule has 0 spiro atoms. The molecule has 1 N–H and O–H groups in total. The van der Waals surface area contributed by atoms with Crippen molar-refractivity contribution in [3.63, 3.8) is 0 Å². The summed E-state index contributed by atoms with van der Waals surface area (Å²) in [5, 5.41) is 9.89. The normalized spacial score (nSPS) is 26.6. The molecule has 0 saturated carbocycles. The van der Waals surface area contributed by atoms with E-state index in [1.165, 1.54) is 19.4 Å². The van der Waals surface area contributed by atoms with Gasteiger partial charge in [-0.05, 0) is 46.8 Å². The second-order valence-electron chi connectivity index (χ2n) is 5.46. The predicted molar refractivity (Wildman–Crippen MR) is 64.1 cm³/mol. The highest BCUT2D eigenvalue weighted by Crippen LogP contribution is 2.15. The molecule has 0 amide bonds. The van der Waals surface area contributed by atoms with Gasteiger partial charge in [-0.25, -0.2) is 0 Å². The molecule has 0 aliphatic carbocycles. The Balaban J connectivity index is 2.59. The Kier molecular flexibility index (Phi) is 4.56. The summed E-state index contributed by atoms with van der Waals surface area (Å²) < 4.78 is 0. The molecule has 0 radical (unpaired) electrons. The molecule has 1 unspecified atom stereocenters. The van der Waals surface area contributed by atoms with Crippen LogP contribution in [0.3, 0.4) is 0 Å². The largest absolute Gasteiger partial charge is 0.389 e. The summed E-state index contributed by atoms with van der Waals surface area (Å²) in [6.45, 7) is 10.3. The van der Waals surface area contributed by atoms with E-state index in [0.717, 1.165) is 19.6 Å². The van der Waals surface area contributed by atoms with E-state index in [1.807, 2.05) is 13.8 Å². The van der Waals surface area contributed by atoms with E-state index in [4.69, 9.17) is 0 Å². The SMILES string of the molecule is CCC1CN(C)CCCN1CC(C)(C)O. The van der Waals surface area contributed by atoms with Crippen LogP contribution < -0.4 is 0 Å². The van der Waals surface area contributed by atoms with Gasteiger partial charge < -0.3 is 10.0 Å². The Morgan fingerprint density at radius 2 is 2.00 bits per heavy atom. The van der Waals surface area contributed by atoms with Gasteiger partial charge in [0.25, 0.3) is 0 Å². The topological polar surface area (TPSA) is 26.7 Å². The van der Waals surface area contributed by atoms with Crippen LogP contribution in [0.25, 0.3) is 0 Å². The number of rotatable bonds is 3. The molecule has 0 bridgehead atoms. The van der Waals surface area contributed by atoms with Crippen molar-refractivity contribution in [3.8, 4) is 0 Å². The van der Waals surface area contributed by atoms with Crippen molar-refractivity contribution in [2.75, 3.05) is 33.2 Å². The van der Waals surface area contributed by atoms with Crippen LogP contribution in [0.1, 0.15) is 33.6 Å². The standard InChI is InChI=1S/C12H26N2O/c1-5-11-9-13(4)7-6-8-14(11)10-12(2,3)15/h11,15H,5-10H2,1-4H3. The van der Waals surface area contributed by atoms with Crippen LogP contribution in [0.4, 0.5) is 0 Å². The lowest BCUT2D eigenvalue weighted by atomic mass is 10.1. The van der Waals surface area contributed by atoms with Crippen molar-refractivity contribution in [1.29, 1.82) is 0 Å². The minimum absolute atomic E-state index is 0.573. The fourth-order valence-corrected chi connectivity index (χ4v) is 2.39. The lowest BCUT2D eigenvalue weighted by Gasteiger charge is -2.34. The smallest absolute Gasteiger partial charge is 0.0718 e. The lowest BCUT2D eigenvalue weighted by molar-refractivity contribution is 0.0207. The molecule has 3 heteroatoms. The first-order valence-electron chi connectivity index (χ1n) is 6.07. The summed E-state index contributed by atoms with van der Waals surface area (Å²) in [5.74, 6) is 0. The first-order valence-corrected chi connectivity index (χ1v) is 6.07. The summed E-state index contributed by atoms with van der Waals surface area (Å²) in [4.78, 5) is 4.85. The van der Waals surface area contributed by atoms with Crippen LogP contribution >= 0.6 is 0 Å². The van der Waals surface area contributed by atoms with E-state index in [0.29, 0.717) is 6.04 Å². The van der Waals surface area contributed by atoms with E-state index in [-0.39, 0.29) is 0 Å². The first kappa shape index (κ1) is 12.9. The quantitative estimate of drug-likeness (QED) is 0.764. The van der Waals surface area contributed by atoms with Gasteiger partial charge in [0, 0.05) is 19.1 Å². The number of aliphatic hydroxyl groups is 1. The van der Waals surface area contributed by atoms with Crippen LogP contribution in [0.15, 0.2) is 0 Å². The number of likely N-dealkylation sites (N-methyl/N-ethyl adjacent to an activating group) is 1. The van der Waals surface area contributed by atoms with Gasteiger partial charge in [0.2, 0.25) is 0 Å².